The molecule has 1 aliphatic rings. The molecule has 1 aromatic rings. The summed E-state index contributed by atoms with van der Waals surface area (Å²) in [6.07, 6.45) is 3.71. The third-order valence-electron chi connectivity index (χ3n) is 4.18. The van der Waals surface area contributed by atoms with Crippen molar-refractivity contribution in [2.75, 3.05) is 25.0 Å². The summed E-state index contributed by atoms with van der Waals surface area (Å²) in [6.45, 7) is 5.69. The van der Waals surface area contributed by atoms with Gasteiger partial charge < -0.3 is 15.5 Å². The number of amides is 1. The summed E-state index contributed by atoms with van der Waals surface area (Å²) >= 11 is 0. The van der Waals surface area contributed by atoms with Gasteiger partial charge in [-0.1, -0.05) is 13.8 Å². The van der Waals surface area contributed by atoms with Gasteiger partial charge in [0.2, 0.25) is 5.91 Å². The molecule has 2 rings (SSSR count). The van der Waals surface area contributed by atoms with Crippen LogP contribution in [-0.4, -0.2) is 53.2 Å². The normalized spacial score (nSPS) is 18.7. The van der Waals surface area contributed by atoms with Crippen LogP contribution >= 0.6 is 24.8 Å². The Morgan fingerprint density at radius 3 is 2.70 bits per heavy atom. The third-order valence-corrected chi connectivity index (χ3v) is 4.18. The van der Waals surface area contributed by atoms with Gasteiger partial charge in [0.05, 0.1) is 6.04 Å². The molecule has 1 aliphatic heterocycles. The Balaban J connectivity index is 0.00000242. The van der Waals surface area contributed by atoms with Crippen molar-refractivity contribution in [2.24, 2.45) is 11.7 Å². The van der Waals surface area contributed by atoms with Gasteiger partial charge in [-0.3, -0.25) is 4.79 Å². The predicted molar refractivity (Wildman–Crippen MR) is 97.3 cm³/mol. The summed E-state index contributed by atoms with van der Waals surface area (Å²) in [5.41, 5.74) is 5.99. The van der Waals surface area contributed by atoms with E-state index in [2.05, 4.69) is 15.1 Å². The summed E-state index contributed by atoms with van der Waals surface area (Å²) in [5.74, 6) is 1.05. The van der Waals surface area contributed by atoms with Gasteiger partial charge in [-0.05, 0) is 30.9 Å². The lowest BCUT2D eigenvalue weighted by atomic mass is 10.0. The number of hydrogen-bond donors (Lipinski definition) is 1. The van der Waals surface area contributed by atoms with Crippen molar-refractivity contribution in [3.05, 3.63) is 18.3 Å². The minimum absolute atomic E-state index is 0. The topological polar surface area (TPSA) is 75.4 Å². The van der Waals surface area contributed by atoms with Crippen molar-refractivity contribution in [1.82, 2.24) is 15.1 Å². The van der Waals surface area contributed by atoms with Gasteiger partial charge in [0, 0.05) is 32.4 Å². The number of carbonyl (C=O) groups is 1. The van der Waals surface area contributed by atoms with Crippen LogP contribution in [0.2, 0.25) is 0 Å². The molecule has 1 saturated heterocycles. The van der Waals surface area contributed by atoms with Crippen molar-refractivity contribution in [3.63, 3.8) is 0 Å². The van der Waals surface area contributed by atoms with Crippen LogP contribution in [0, 0.1) is 5.92 Å². The number of halogens is 2. The molecule has 1 fully saturated rings. The maximum absolute atomic E-state index is 12.4. The van der Waals surface area contributed by atoms with Crippen molar-refractivity contribution < 1.29 is 4.79 Å². The van der Waals surface area contributed by atoms with E-state index in [0.29, 0.717) is 0 Å². The zero-order valence-electron chi connectivity index (χ0n) is 13.9. The second-order valence-corrected chi connectivity index (χ2v) is 6.04. The molecule has 23 heavy (non-hydrogen) atoms. The van der Waals surface area contributed by atoms with Gasteiger partial charge in [-0.15, -0.1) is 29.9 Å². The Morgan fingerprint density at radius 1 is 1.43 bits per heavy atom. The van der Waals surface area contributed by atoms with Crippen LogP contribution in [-0.2, 0) is 4.79 Å². The second kappa shape index (κ2) is 9.90. The van der Waals surface area contributed by atoms with Crippen LogP contribution in [0.25, 0.3) is 0 Å². The van der Waals surface area contributed by atoms with Gasteiger partial charge >= 0.3 is 0 Å². The fourth-order valence-electron chi connectivity index (χ4n) is 2.64. The SMILES string of the molecule is CC(C)[C@H](N)C(=O)N(C)C1CCCN(c2cccnn2)C1.Cl.Cl. The molecule has 0 radical (unpaired) electrons. The van der Waals surface area contributed by atoms with Crippen LogP contribution in [0.3, 0.4) is 0 Å². The fourth-order valence-corrected chi connectivity index (χ4v) is 2.64. The van der Waals surface area contributed by atoms with Crippen LogP contribution < -0.4 is 10.6 Å². The molecular weight excluding hydrogens is 337 g/mol. The van der Waals surface area contributed by atoms with E-state index >= 15 is 0 Å². The first-order valence-electron chi connectivity index (χ1n) is 7.55. The van der Waals surface area contributed by atoms with E-state index in [1.165, 1.54) is 0 Å². The number of piperidine rings is 1. The first-order valence-corrected chi connectivity index (χ1v) is 7.55. The molecule has 2 atom stereocenters. The number of aromatic nitrogens is 2. The van der Waals surface area contributed by atoms with Gasteiger partial charge in [0.25, 0.3) is 0 Å². The highest BCUT2D eigenvalue weighted by molar-refractivity contribution is 5.85. The Morgan fingerprint density at radius 2 is 2.13 bits per heavy atom. The Hall–Kier alpha value is -1.11. The van der Waals surface area contributed by atoms with Crippen LogP contribution in [0.5, 0.6) is 0 Å². The summed E-state index contributed by atoms with van der Waals surface area (Å²) in [5, 5.41) is 8.08. The number of carbonyl (C=O) groups excluding carboxylic acids is 1. The number of nitrogens with zero attached hydrogens (tertiary/aromatic N) is 4. The molecule has 0 saturated carbocycles. The molecule has 1 amide bonds. The molecule has 1 unspecified atom stereocenters. The van der Waals surface area contributed by atoms with E-state index in [4.69, 9.17) is 5.73 Å². The minimum atomic E-state index is -0.429. The zero-order valence-corrected chi connectivity index (χ0v) is 15.5. The highest BCUT2D eigenvalue weighted by Gasteiger charge is 2.30. The first kappa shape index (κ1) is 21.9. The molecule has 0 aromatic carbocycles. The van der Waals surface area contributed by atoms with Crippen molar-refractivity contribution >= 4 is 36.5 Å². The lowest BCUT2D eigenvalue weighted by molar-refractivity contribution is -0.134. The van der Waals surface area contributed by atoms with E-state index in [1.807, 2.05) is 37.9 Å². The Labute approximate surface area is 150 Å². The van der Waals surface area contributed by atoms with Crippen LogP contribution in [0.1, 0.15) is 26.7 Å². The molecule has 2 N–H and O–H groups in total. The summed E-state index contributed by atoms with van der Waals surface area (Å²) in [6, 6.07) is 3.59. The second-order valence-electron chi connectivity index (χ2n) is 6.04. The van der Waals surface area contributed by atoms with Crippen molar-refractivity contribution in [2.45, 2.75) is 38.8 Å². The molecule has 8 heteroatoms. The number of likely N-dealkylation sites (N-methyl/N-ethyl adjacent to an activating group) is 1. The van der Waals surface area contributed by atoms with Crippen molar-refractivity contribution in [3.8, 4) is 0 Å². The van der Waals surface area contributed by atoms with E-state index in [9.17, 15) is 4.79 Å². The van der Waals surface area contributed by atoms with Gasteiger partial charge in [0.1, 0.15) is 0 Å². The first-order chi connectivity index (χ1) is 10.0. The monoisotopic (exact) mass is 363 g/mol. The van der Waals surface area contributed by atoms with E-state index in [-0.39, 0.29) is 42.7 Å². The van der Waals surface area contributed by atoms with Gasteiger partial charge in [-0.25, -0.2) is 0 Å². The molecule has 1 aromatic heterocycles. The lowest BCUT2D eigenvalue weighted by Gasteiger charge is -2.39. The maximum atomic E-state index is 12.4. The summed E-state index contributed by atoms with van der Waals surface area (Å²) in [4.78, 5) is 16.4. The maximum Gasteiger partial charge on any atom is 0.239 e. The van der Waals surface area contributed by atoms with Crippen LogP contribution in [0.15, 0.2) is 18.3 Å². The smallest absolute Gasteiger partial charge is 0.239 e. The summed E-state index contributed by atoms with van der Waals surface area (Å²) in [7, 11) is 1.86. The lowest BCUT2D eigenvalue weighted by Crippen LogP contribution is -2.54. The number of nitrogens with two attached hydrogens (primary N) is 1. The standard InChI is InChI=1S/C15H25N5O.2ClH/c1-11(2)14(16)15(21)19(3)12-6-5-9-20(10-12)13-7-4-8-17-18-13;;/h4,7-8,11-12,14H,5-6,9-10,16H2,1-3H3;2*1H/t12?,14-;;/m0../s1. The molecule has 2 heterocycles. The molecule has 0 aliphatic carbocycles. The largest absolute Gasteiger partial charge is 0.353 e. The van der Waals surface area contributed by atoms with Crippen molar-refractivity contribution in [1.29, 1.82) is 0 Å². The predicted octanol–water partition coefficient (Wildman–Crippen LogP) is 1.73. The quantitative estimate of drug-likeness (QED) is 0.881. The minimum Gasteiger partial charge on any atom is -0.353 e. The fraction of sp³-hybridized carbons (Fsp3) is 0.667. The Bertz CT molecular complexity index is 474. The summed E-state index contributed by atoms with van der Waals surface area (Å²) < 4.78 is 0. The zero-order chi connectivity index (χ0) is 15.4. The number of rotatable bonds is 4. The third kappa shape index (κ3) is 5.48. The molecular formula is C15H27Cl2N5O. The Kier molecular flexibility index (Phi) is 9.42. The van der Waals surface area contributed by atoms with Crippen LogP contribution in [0.4, 0.5) is 5.82 Å². The molecule has 0 spiro atoms. The molecule has 6 nitrogen and oxygen atoms in total. The van der Waals surface area contributed by atoms with Gasteiger partial charge in [0.15, 0.2) is 5.82 Å². The highest BCUT2D eigenvalue weighted by Crippen LogP contribution is 2.20. The average Bonchev–Trinajstić information content (AvgIpc) is 2.53. The van der Waals surface area contributed by atoms with Gasteiger partial charge in [-0.2, -0.15) is 5.10 Å². The molecule has 132 valence electrons. The molecule has 0 bridgehead atoms. The van der Waals surface area contributed by atoms with E-state index in [1.54, 1.807) is 6.20 Å². The van der Waals surface area contributed by atoms with E-state index in [0.717, 1.165) is 31.7 Å². The number of anilines is 1. The highest BCUT2D eigenvalue weighted by atomic mass is 35.5. The average molecular weight is 364 g/mol. The number of hydrogen-bond acceptors (Lipinski definition) is 5. The van der Waals surface area contributed by atoms with E-state index < -0.39 is 6.04 Å².